The standard InChI is InChI=1S/C26H33F5N4O5.C2H6/c1-6-38-24(36)23-32-19-12-35(13-20(19)34(23)5)15(11-21(29)30)10-18(33-25(37)39-26(2,3)4)22(40-31)16-9-14(27)7-8-17(16)28;1-2/h7-9,15,18,21-22H,6,10-13H2,1-5H3,(H,33,37);1-2H3/t15?,18?,22-;/m1./s1. The van der Waals surface area contributed by atoms with Crippen molar-refractivity contribution in [2.75, 3.05) is 6.61 Å². The molecule has 1 aromatic heterocycles. The summed E-state index contributed by atoms with van der Waals surface area (Å²) in [6.07, 6.45) is -6.77. The van der Waals surface area contributed by atoms with Crippen LogP contribution in [-0.4, -0.2) is 57.2 Å². The number of hydrogen-bond donors (Lipinski definition) is 1. The lowest BCUT2D eigenvalue weighted by molar-refractivity contribution is -0.194. The number of fused-ring (bicyclic) bond motifs is 1. The largest absolute Gasteiger partial charge is 0.460 e. The number of benzene rings is 1. The van der Waals surface area contributed by atoms with Gasteiger partial charge in [-0.05, 0) is 56.8 Å². The molecular weight excluding hydrogens is 567 g/mol. The number of esters is 1. The quantitative estimate of drug-likeness (QED) is 0.242. The minimum Gasteiger partial charge on any atom is -0.460 e. The van der Waals surface area contributed by atoms with E-state index in [1.807, 2.05) is 13.8 Å². The Balaban J connectivity index is 0.00000301. The Labute approximate surface area is 242 Å². The summed E-state index contributed by atoms with van der Waals surface area (Å²) in [6.45, 7) is 10.7. The summed E-state index contributed by atoms with van der Waals surface area (Å²) in [7, 11) is 1.59. The lowest BCUT2D eigenvalue weighted by atomic mass is 9.94. The summed E-state index contributed by atoms with van der Waals surface area (Å²) < 4.78 is 81.8. The third-order valence-corrected chi connectivity index (χ3v) is 6.38. The van der Waals surface area contributed by atoms with E-state index in [1.165, 1.54) is 4.57 Å². The van der Waals surface area contributed by atoms with Gasteiger partial charge in [0.1, 0.15) is 23.3 Å². The van der Waals surface area contributed by atoms with Gasteiger partial charge in [-0.15, -0.1) is 0 Å². The predicted molar refractivity (Wildman–Crippen MR) is 143 cm³/mol. The van der Waals surface area contributed by atoms with Gasteiger partial charge in [-0.3, -0.25) is 4.90 Å². The Hall–Kier alpha value is -3.26. The van der Waals surface area contributed by atoms with E-state index in [9.17, 15) is 31.7 Å². The van der Waals surface area contributed by atoms with Crippen LogP contribution in [0.1, 0.15) is 88.1 Å². The van der Waals surface area contributed by atoms with Crippen molar-refractivity contribution in [3.05, 3.63) is 52.6 Å². The Morgan fingerprint density at radius 1 is 1.12 bits per heavy atom. The van der Waals surface area contributed by atoms with E-state index in [0.29, 0.717) is 17.5 Å². The molecule has 0 saturated carbocycles. The Morgan fingerprint density at radius 2 is 1.79 bits per heavy atom. The molecule has 2 aromatic rings. The fourth-order valence-corrected chi connectivity index (χ4v) is 4.66. The SMILES string of the molecule is CC.CCOC(=O)c1nc2c(n1C)CN(C(CC(F)F)CC(NC(=O)OC(C)(C)C)[C@H](OF)c1cc(F)ccc1F)C2. The number of imidazole rings is 1. The maximum Gasteiger partial charge on any atom is 0.407 e. The van der Waals surface area contributed by atoms with Crippen LogP contribution in [-0.2, 0) is 34.6 Å². The predicted octanol–water partition coefficient (Wildman–Crippen LogP) is 6.17. The Morgan fingerprint density at radius 3 is 2.33 bits per heavy atom. The number of carbonyl (C=O) groups is 2. The number of aromatic nitrogens is 2. The van der Waals surface area contributed by atoms with Gasteiger partial charge >= 0.3 is 12.1 Å². The molecule has 3 rings (SSSR count). The molecule has 1 amide bonds. The molecule has 0 saturated heterocycles. The summed E-state index contributed by atoms with van der Waals surface area (Å²) in [5.74, 6) is -2.47. The summed E-state index contributed by atoms with van der Waals surface area (Å²) in [5, 5.41) is 2.39. The molecule has 0 radical (unpaired) electrons. The molecule has 0 bridgehead atoms. The molecule has 2 heterocycles. The number of carbonyl (C=O) groups excluding carboxylic acids is 2. The van der Waals surface area contributed by atoms with Crippen LogP contribution >= 0.6 is 0 Å². The van der Waals surface area contributed by atoms with Crippen molar-refractivity contribution in [1.82, 2.24) is 19.8 Å². The van der Waals surface area contributed by atoms with E-state index < -0.39 is 65.9 Å². The minimum atomic E-state index is -2.80. The van der Waals surface area contributed by atoms with Crippen molar-refractivity contribution in [3.8, 4) is 0 Å². The molecule has 0 aliphatic carbocycles. The number of alkyl halides is 2. The van der Waals surface area contributed by atoms with Crippen molar-refractivity contribution in [2.45, 2.75) is 97.7 Å². The lowest BCUT2D eigenvalue weighted by Crippen LogP contribution is -2.47. The Bertz CT molecular complexity index is 1200. The summed E-state index contributed by atoms with van der Waals surface area (Å²) in [5.41, 5.74) is -0.458. The molecule has 1 N–H and O–H groups in total. The van der Waals surface area contributed by atoms with Gasteiger partial charge < -0.3 is 19.4 Å². The van der Waals surface area contributed by atoms with Crippen LogP contribution in [0.15, 0.2) is 18.2 Å². The molecule has 42 heavy (non-hydrogen) atoms. The second-order valence-corrected chi connectivity index (χ2v) is 10.5. The molecule has 236 valence electrons. The topological polar surface area (TPSA) is 94.9 Å². The highest BCUT2D eigenvalue weighted by atomic mass is 19.3. The van der Waals surface area contributed by atoms with E-state index in [0.717, 1.165) is 12.1 Å². The highest BCUT2D eigenvalue weighted by Crippen LogP contribution is 2.33. The number of alkyl carbamates (subject to hydrolysis) is 1. The first-order chi connectivity index (χ1) is 19.7. The smallest absolute Gasteiger partial charge is 0.407 e. The third-order valence-electron chi connectivity index (χ3n) is 6.38. The average Bonchev–Trinajstić information content (AvgIpc) is 3.45. The monoisotopic (exact) mass is 606 g/mol. The maximum absolute atomic E-state index is 14.6. The van der Waals surface area contributed by atoms with Crippen molar-refractivity contribution < 1.29 is 46.1 Å². The number of nitrogens with zero attached hydrogens (tertiary/aromatic N) is 3. The van der Waals surface area contributed by atoms with Crippen molar-refractivity contribution in [3.63, 3.8) is 0 Å². The molecule has 1 aromatic carbocycles. The van der Waals surface area contributed by atoms with E-state index in [2.05, 4.69) is 15.2 Å². The van der Waals surface area contributed by atoms with Crippen LogP contribution in [0, 0.1) is 11.6 Å². The summed E-state index contributed by atoms with van der Waals surface area (Å²) in [4.78, 5) is 34.8. The van der Waals surface area contributed by atoms with Crippen molar-refractivity contribution in [2.24, 2.45) is 7.05 Å². The minimum absolute atomic E-state index is 0.0638. The van der Waals surface area contributed by atoms with Gasteiger partial charge in [0.2, 0.25) is 12.2 Å². The van der Waals surface area contributed by atoms with E-state index in [1.54, 1.807) is 39.6 Å². The number of nitrogens with one attached hydrogen (secondary N) is 1. The molecule has 1 aliphatic heterocycles. The van der Waals surface area contributed by atoms with Crippen LogP contribution in [0.4, 0.5) is 26.9 Å². The average molecular weight is 607 g/mol. The fraction of sp³-hybridized carbons (Fsp3) is 0.607. The maximum atomic E-state index is 14.6. The van der Waals surface area contributed by atoms with Crippen LogP contribution in [0.25, 0.3) is 0 Å². The van der Waals surface area contributed by atoms with Crippen LogP contribution in [0.2, 0.25) is 0 Å². The van der Waals surface area contributed by atoms with E-state index >= 15 is 0 Å². The van der Waals surface area contributed by atoms with Gasteiger partial charge in [0.05, 0.1) is 24.0 Å². The second-order valence-electron chi connectivity index (χ2n) is 10.5. The lowest BCUT2D eigenvalue weighted by Gasteiger charge is -2.34. The first-order valence-corrected chi connectivity index (χ1v) is 13.7. The number of hydrogen-bond acceptors (Lipinski definition) is 7. The van der Waals surface area contributed by atoms with Gasteiger partial charge in [-0.25, -0.2) is 32.1 Å². The molecule has 0 spiro atoms. The number of ether oxygens (including phenoxy) is 2. The molecular formula is C28H39F5N4O5. The van der Waals surface area contributed by atoms with Gasteiger partial charge in [-0.1, -0.05) is 13.8 Å². The van der Waals surface area contributed by atoms with Crippen molar-refractivity contribution in [1.29, 1.82) is 0 Å². The second kappa shape index (κ2) is 15.3. The number of rotatable bonds is 11. The van der Waals surface area contributed by atoms with E-state index in [-0.39, 0.29) is 31.9 Å². The van der Waals surface area contributed by atoms with Crippen molar-refractivity contribution >= 4 is 12.1 Å². The normalized spacial score (nSPS) is 15.4. The first kappa shape index (κ1) is 34.9. The van der Waals surface area contributed by atoms with E-state index in [4.69, 9.17) is 9.47 Å². The van der Waals surface area contributed by atoms with Crippen LogP contribution < -0.4 is 5.32 Å². The third kappa shape index (κ3) is 9.12. The number of halogens is 5. The van der Waals surface area contributed by atoms with Gasteiger partial charge in [0.15, 0.2) is 0 Å². The zero-order valence-corrected chi connectivity index (χ0v) is 24.8. The van der Waals surface area contributed by atoms with Gasteiger partial charge in [-0.2, -0.15) is 4.94 Å². The highest BCUT2D eigenvalue weighted by Gasteiger charge is 2.38. The summed E-state index contributed by atoms with van der Waals surface area (Å²) in [6, 6.07) is -0.163. The van der Waals surface area contributed by atoms with Gasteiger partial charge in [0, 0.05) is 38.2 Å². The molecule has 3 atom stereocenters. The zero-order valence-electron chi connectivity index (χ0n) is 24.8. The number of amides is 1. The zero-order chi connectivity index (χ0) is 31.8. The van der Waals surface area contributed by atoms with Crippen LogP contribution in [0.3, 0.4) is 0 Å². The molecule has 1 aliphatic rings. The molecule has 2 unspecified atom stereocenters. The summed E-state index contributed by atoms with van der Waals surface area (Å²) >= 11 is 0. The molecule has 9 nitrogen and oxygen atoms in total. The van der Waals surface area contributed by atoms with Crippen LogP contribution in [0.5, 0.6) is 0 Å². The first-order valence-electron chi connectivity index (χ1n) is 13.7. The molecule has 14 heteroatoms. The Kier molecular flexibility index (Phi) is 12.7. The highest BCUT2D eigenvalue weighted by molar-refractivity contribution is 5.85. The van der Waals surface area contributed by atoms with Gasteiger partial charge in [0.25, 0.3) is 0 Å². The molecule has 0 fully saturated rings. The fourth-order valence-electron chi connectivity index (χ4n) is 4.66.